The monoisotopic (exact) mass is 2140 g/mol. The molecular weight excluding hydrogens is 2030 g/mol. The van der Waals surface area contributed by atoms with E-state index in [1.807, 2.05) is 39.7 Å². The lowest BCUT2D eigenvalue weighted by Crippen LogP contribution is -2.38. The number of rotatable bonds is 26. The van der Waals surface area contributed by atoms with E-state index in [-0.39, 0.29) is 94.3 Å². The van der Waals surface area contributed by atoms with E-state index in [0.29, 0.717) is 156 Å². The van der Waals surface area contributed by atoms with Gasteiger partial charge in [0.25, 0.3) is 35.4 Å². The van der Waals surface area contributed by atoms with Crippen molar-refractivity contribution in [3.8, 4) is 0 Å². The summed E-state index contributed by atoms with van der Waals surface area (Å²) in [5.74, 6) is 4.70. The van der Waals surface area contributed by atoms with E-state index in [1.165, 1.54) is 46.0 Å². The number of carbonyl (C=O) groups is 8. The van der Waals surface area contributed by atoms with Crippen LogP contribution >= 0.6 is 104 Å². The van der Waals surface area contributed by atoms with Crippen LogP contribution in [0.15, 0.2) is 166 Å². The van der Waals surface area contributed by atoms with Gasteiger partial charge in [0.15, 0.2) is 28.4 Å². The summed E-state index contributed by atoms with van der Waals surface area (Å²) < 4.78 is 5.11. The molecule has 144 heavy (non-hydrogen) atoms. The van der Waals surface area contributed by atoms with Gasteiger partial charge < -0.3 is 48.7 Å². The van der Waals surface area contributed by atoms with E-state index < -0.39 is 5.24 Å². The Kier molecular flexibility index (Phi) is 41.4. The van der Waals surface area contributed by atoms with Crippen LogP contribution in [0.25, 0.3) is 0 Å². The molecule has 3 aliphatic heterocycles. The van der Waals surface area contributed by atoms with Crippen LogP contribution in [0.5, 0.6) is 0 Å². The third-order valence-electron chi connectivity index (χ3n) is 25.3. The predicted molar refractivity (Wildman–Crippen MR) is 564 cm³/mol. The SMILES string of the molecule is C.C=CC(=O)CCC1CCCC(Nc2nc(Nc3cnn(C)c3)ncc2Cl)C1.C=CC(=O)Cl.Clc1ncc(Cl)c(Cl)n1.Cn1cc(Nc2ncc(Cl)c(NC3CCCC(CN)C3)n2)cn1.Cn1cc(Nc2ncc(Cl)c(NC3CCCC(CN4C(=O)c5ccccc5C4=O)C3)n2)cn1.NC1CCCC(CN2C(=O)c3ccccc3C2=O)C1.O=C1c2ccccc2C(=O)N1CC1CCCC(Nc2nc(Cl)ncc2Cl)C1. The third-order valence-corrected chi connectivity index (χ3v) is 27.6. The molecule has 11 N–H and O–H groups in total. The largest absolute Gasteiger partial charge is 0.366 e. The number of hydrogen-bond acceptors (Lipinski definition) is 30. The summed E-state index contributed by atoms with van der Waals surface area (Å²) in [7, 11) is 5.54. The number of ketones is 1. The summed E-state index contributed by atoms with van der Waals surface area (Å²) >= 11 is 51.8. The minimum absolute atomic E-state index is 0. The van der Waals surface area contributed by atoms with Crippen molar-refractivity contribution >= 4 is 209 Å². The van der Waals surface area contributed by atoms with Gasteiger partial charge >= 0.3 is 0 Å². The first-order chi connectivity index (χ1) is 68.8. The van der Waals surface area contributed by atoms with Crippen molar-refractivity contribution in [2.24, 2.45) is 62.2 Å². The van der Waals surface area contributed by atoms with Gasteiger partial charge in [-0.1, -0.05) is 165 Å². The molecule has 5 aliphatic carbocycles. The van der Waals surface area contributed by atoms with E-state index in [1.54, 1.807) is 124 Å². The van der Waals surface area contributed by atoms with Crippen molar-refractivity contribution in [2.45, 2.75) is 179 Å². The Hall–Kier alpha value is -11.9. The number of hydrogen-bond donors (Lipinski definition) is 9. The van der Waals surface area contributed by atoms with Crippen molar-refractivity contribution in [3.63, 3.8) is 0 Å². The molecule has 762 valence electrons. The number of nitrogens with zero attached hydrogens (tertiary/aromatic N) is 19. The van der Waals surface area contributed by atoms with Gasteiger partial charge in [-0.15, -0.1) is 0 Å². The van der Waals surface area contributed by atoms with Gasteiger partial charge in [0.2, 0.25) is 33.7 Å². The number of benzene rings is 3. The third kappa shape index (κ3) is 31.5. The summed E-state index contributed by atoms with van der Waals surface area (Å²) in [6, 6.07) is 22.2. The molecule has 36 nitrogen and oxygen atoms in total. The normalized spacial score (nSPS) is 20.1. The van der Waals surface area contributed by atoms with Gasteiger partial charge in [-0.25, -0.2) is 29.9 Å². The molecule has 8 aromatic heterocycles. The first-order valence-corrected chi connectivity index (χ1v) is 50.4. The van der Waals surface area contributed by atoms with Crippen molar-refractivity contribution in [3.05, 3.63) is 240 Å². The van der Waals surface area contributed by atoms with Gasteiger partial charge in [-0.3, -0.25) is 67.1 Å². The first kappa shape index (κ1) is 111. The summed E-state index contributed by atoms with van der Waals surface area (Å²) in [4.78, 5) is 142. The highest BCUT2D eigenvalue weighted by atomic mass is 35.5. The number of anilines is 10. The predicted octanol–water partition coefficient (Wildman–Crippen LogP) is 20.4. The number of aryl methyl sites for hydroxylation is 3. The molecule has 5 fully saturated rings. The van der Waals surface area contributed by atoms with Crippen LogP contribution in [0.4, 0.5) is 58.2 Å². The fourth-order valence-corrected chi connectivity index (χ4v) is 19.5. The molecule has 3 aromatic carbocycles. The van der Waals surface area contributed by atoms with Gasteiger partial charge in [0.1, 0.15) is 25.9 Å². The van der Waals surface area contributed by atoms with Crippen LogP contribution in [0, 0.1) is 29.6 Å². The number of carbonyl (C=O) groups excluding carboxylic acids is 8. The topological polar surface area (TPSA) is 465 Å². The van der Waals surface area contributed by atoms with Gasteiger partial charge in [0.05, 0.1) is 105 Å². The molecule has 45 heteroatoms. The number of allylic oxidation sites excluding steroid dienone is 2. The zero-order valence-electron chi connectivity index (χ0n) is 78.8. The number of imide groups is 3. The minimum atomic E-state index is -0.509. The van der Waals surface area contributed by atoms with Crippen molar-refractivity contribution in [1.29, 1.82) is 0 Å². The molecular formula is C99H115Cl9N28O8. The molecule has 0 bridgehead atoms. The molecule has 19 rings (SSSR count). The Morgan fingerprint density at radius 1 is 0.389 bits per heavy atom. The molecule has 10 atom stereocenters. The maximum absolute atomic E-state index is 12.7. The highest BCUT2D eigenvalue weighted by Gasteiger charge is 2.41. The summed E-state index contributed by atoms with van der Waals surface area (Å²) in [5.41, 5.74) is 17.3. The molecule has 10 unspecified atom stereocenters. The molecule has 11 heterocycles. The lowest BCUT2D eigenvalue weighted by atomic mass is 9.82. The van der Waals surface area contributed by atoms with Crippen LogP contribution in [0.1, 0.15) is 211 Å². The molecule has 11 aromatic rings. The maximum Gasteiger partial charge on any atom is 0.261 e. The second kappa shape index (κ2) is 53.8. The zero-order valence-corrected chi connectivity index (χ0v) is 85.6. The Balaban J connectivity index is 0.000000156. The Morgan fingerprint density at radius 2 is 0.681 bits per heavy atom. The minimum Gasteiger partial charge on any atom is -0.366 e. The van der Waals surface area contributed by atoms with Gasteiger partial charge in [-0.05, 0) is 216 Å². The number of fused-ring (bicyclic) bond motifs is 3. The van der Waals surface area contributed by atoms with E-state index in [2.05, 4.69) is 116 Å². The number of nitrogens with one attached hydrogen (secondary N) is 7. The van der Waals surface area contributed by atoms with Crippen LogP contribution in [0.2, 0.25) is 40.8 Å². The first-order valence-electron chi connectivity index (χ1n) is 47.0. The maximum atomic E-state index is 12.7. The van der Waals surface area contributed by atoms with Crippen LogP contribution in [0.3, 0.4) is 0 Å². The molecule has 5 saturated carbocycles. The standard InChI is InChI=1S/C23H24ClN7O2.C19H18Cl2N4O2.C19H25ClN6O.C15H22ClN7.C15H18N2O2.C4HCl3N2.C3H3ClO.CH4/c1-30-13-16(10-26-30)28-23-25-11-19(24)20(29-23)27-15-6-4-5-14(9-15)12-31-21(32)17-7-2-3-8-18(17)22(31)33;20-15-9-22-19(21)24-16(15)23-12-5-3-4-11(8-12)10-25-17(26)13-6-1-2-7-14(13)18(25)27;1-3-16(27)8-7-13-5-4-6-14(9-13)23-18-17(20)11-21-19(25-18)24-15-10-22-26(2)12-15;1-23-9-12(7-19-23)21-15-18-8-13(16)14(22-15)20-11-4-2-3-10(5-11)6-17;16-11-5-3-4-10(8-11)9-17-14(18)12-6-1-2-7-13(12)15(17)19;5-2-1-8-4(7)9-3(2)6;1-2-3(4)5;/h2-3,7-8,10-11,13-15H,4-6,9,12H2,1H3,(H2,25,27,28,29);1-2,6-7,9,11-12H,3-5,8,10H2,(H,22,23,24);3,10-14H,1,4-9H2,2H3,(H2,21,23,24,25);7-11H,2-6,17H2,1H3,(H2,18,20,21,22);1-2,6-7,10-11H,3-5,8-9,16H2;1H;2H,1H2;1H4. The fraction of sp³-hybridized carbons (Fsp3) is 0.404. The highest BCUT2D eigenvalue weighted by Crippen LogP contribution is 2.39. The van der Waals surface area contributed by atoms with Crippen molar-refractivity contribution in [1.82, 2.24) is 93.9 Å². The molecule has 0 spiro atoms. The number of aromatic nitrogens is 16. The van der Waals surface area contributed by atoms with Crippen molar-refractivity contribution in [2.75, 3.05) is 63.4 Å². The number of nitrogens with two attached hydrogens (primary N) is 2. The lowest BCUT2D eigenvalue weighted by molar-refractivity contribution is -0.115. The quantitative estimate of drug-likeness (QED) is 0.00799. The average molecular weight is 2140 g/mol. The van der Waals surface area contributed by atoms with Crippen LogP contribution in [-0.2, 0) is 30.7 Å². The second-order valence-electron chi connectivity index (χ2n) is 35.9. The zero-order chi connectivity index (χ0) is 102. The van der Waals surface area contributed by atoms with Crippen LogP contribution < -0.4 is 48.7 Å². The summed E-state index contributed by atoms with van der Waals surface area (Å²) in [6.45, 7) is 8.73. The Labute approximate surface area is 879 Å². The molecule has 6 amide bonds. The molecule has 0 radical (unpaired) electrons. The highest BCUT2D eigenvalue weighted by molar-refractivity contribution is 6.66. The van der Waals surface area contributed by atoms with E-state index in [0.717, 1.165) is 152 Å². The number of halogens is 9. The van der Waals surface area contributed by atoms with Crippen LogP contribution in [-0.4, -0.2) is 197 Å². The van der Waals surface area contributed by atoms with E-state index >= 15 is 0 Å². The second-order valence-corrected chi connectivity index (χ2v) is 39.4. The summed E-state index contributed by atoms with van der Waals surface area (Å²) in [5, 5.41) is 37.5. The van der Waals surface area contributed by atoms with E-state index in [9.17, 15) is 38.4 Å². The van der Waals surface area contributed by atoms with Gasteiger partial charge in [0, 0.05) is 96.0 Å². The van der Waals surface area contributed by atoms with Crippen molar-refractivity contribution < 1.29 is 38.4 Å². The fourth-order valence-electron chi connectivity index (χ4n) is 18.4. The molecule has 8 aliphatic rings. The summed E-state index contributed by atoms with van der Waals surface area (Å²) in [6.07, 6.45) is 42.8. The average Bonchev–Trinajstić information content (AvgIpc) is 1.64. The smallest absolute Gasteiger partial charge is 0.261 e. The van der Waals surface area contributed by atoms with E-state index in [4.69, 9.17) is 116 Å². The number of amides is 6. The Bertz CT molecular complexity index is 6230. The Morgan fingerprint density at radius 3 is 0.986 bits per heavy atom. The lowest BCUT2D eigenvalue weighted by Gasteiger charge is -2.32. The molecule has 0 saturated heterocycles. The van der Waals surface area contributed by atoms with Gasteiger partial charge in [-0.2, -0.15) is 35.2 Å².